The third-order valence-electron chi connectivity index (χ3n) is 2.23. The van der Waals surface area contributed by atoms with Crippen LogP contribution < -0.4 is 5.32 Å². The molecule has 2 rings (SSSR count). The molecule has 1 aromatic carbocycles. The number of hydrogen-bond acceptors (Lipinski definition) is 5. The van der Waals surface area contributed by atoms with Crippen LogP contribution in [-0.4, -0.2) is 27.9 Å². The summed E-state index contributed by atoms with van der Waals surface area (Å²) in [7, 11) is 0. The number of nitrogens with zero attached hydrogens (tertiary/aromatic N) is 2. The molecule has 0 atom stereocenters. The number of aromatic nitrogens is 2. The maximum absolute atomic E-state index is 11.4. The van der Waals surface area contributed by atoms with Crippen LogP contribution in [0.15, 0.2) is 35.1 Å². The summed E-state index contributed by atoms with van der Waals surface area (Å²) in [6.45, 7) is 0.483. The van der Waals surface area contributed by atoms with Crippen molar-refractivity contribution in [2.24, 2.45) is 0 Å². The number of carbonyl (C=O) groups excluding carboxylic acids is 1. The zero-order chi connectivity index (χ0) is 12.1. The third kappa shape index (κ3) is 3.04. The Morgan fingerprint density at radius 2 is 2.12 bits per heavy atom. The number of amides is 1. The molecule has 6 nitrogen and oxygen atoms in total. The molecule has 0 radical (unpaired) electrons. The van der Waals surface area contributed by atoms with Gasteiger partial charge in [-0.15, -0.1) is 0 Å². The Bertz CT molecular complexity index is 479. The molecule has 6 heteroatoms. The fraction of sp³-hybridized carbons (Fsp3) is 0.182. The van der Waals surface area contributed by atoms with E-state index in [1.165, 1.54) is 6.20 Å². The predicted octanol–water partition coefficient (Wildman–Crippen LogP) is 0.748. The molecule has 2 aromatic rings. The number of phenolic OH excluding ortho intramolecular Hbond substituents is 1. The van der Waals surface area contributed by atoms with Crippen LogP contribution in [0.3, 0.4) is 0 Å². The Morgan fingerprint density at radius 3 is 2.76 bits per heavy atom. The lowest BCUT2D eigenvalue weighted by molar-refractivity contribution is 0.0944. The second-order valence-corrected chi connectivity index (χ2v) is 3.47. The van der Waals surface area contributed by atoms with Gasteiger partial charge in [0.05, 0.1) is 0 Å². The SMILES string of the molecule is O=C(NCCc1ccc(O)cc1)c1cnon1. The van der Waals surface area contributed by atoms with E-state index in [1.807, 2.05) is 0 Å². The maximum Gasteiger partial charge on any atom is 0.275 e. The maximum atomic E-state index is 11.4. The Labute approximate surface area is 97.2 Å². The van der Waals surface area contributed by atoms with E-state index in [0.29, 0.717) is 13.0 Å². The summed E-state index contributed by atoms with van der Waals surface area (Å²) in [6, 6.07) is 6.83. The molecule has 1 amide bonds. The van der Waals surface area contributed by atoms with Gasteiger partial charge in [0.1, 0.15) is 11.9 Å². The van der Waals surface area contributed by atoms with E-state index in [2.05, 4.69) is 20.3 Å². The summed E-state index contributed by atoms with van der Waals surface area (Å²) >= 11 is 0. The van der Waals surface area contributed by atoms with Crippen molar-refractivity contribution in [2.75, 3.05) is 6.54 Å². The zero-order valence-electron chi connectivity index (χ0n) is 8.96. The molecular formula is C11H11N3O3. The molecule has 17 heavy (non-hydrogen) atoms. The minimum absolute atomic E-state index is 0.163. The second-order valence-electron chi connectivity index (χ2n) is 3.47. The summed E-state index contributed by atoms with van der Waals surface area (Å²) in [4.78, 5) is 11.4. The quantitative estimate of drug-likeness (QED) is 0.813. The van der Waals surface area contributed by atoms with Crippen LogP contribution >= 0.6 is 0 Å². The predicted molar refractivity (Wildman–Crippen MR) is 58.4 cm³/mol. The standard InChI is InChI=1S/C11H11N3O3/c15-9-3-1-8(2-4-9)5-6-12-11(16)10-7-13-17-14-10/h1-4,7,15H,5-6H2,(H,12,16). The number of aromatic hydroxyl groups is 1. The van der Waals surface area contributed by atoms with Crippen LogP contribution in [0, 0.1) is 0 Å². The molecule has 0 unspecified atom stereocenters. The summed E-state index contributed by atoms with van der Waals surface area (Å²) in [6.07, 6.45) is 1.94. The Balaban J connectivity index is 1.80. The van der Waals surface area contributed by atoms with E-state index in [1.54, 1.807) is 24.3 Å². The van der Waals surface area contributed by atoms with Crippen LogP contribution in [0.1, 0.15) is 16.1 Å². The van der Waals surface area contributed by atoms with Crippen LogP contribution in [0.5, 0.6) is 5.75 Å². The van der Waals surface area contributed by atoms with Gasteiger partial charge in [0.15, 0.2) is 5.69 Å². The van der Waals surface area contributed by atoms with E-state index < -0.39 is 0 Å². The largest absolute Gasteiger partial charge is 0.508 e. The highest BCUT2D eigenvalue weighted by molar-refractivity contribution is 5.91. The Morgan fingerprint density at radius 1 is 1.35 bits per heavy atom. The number of hydrogen-bond donors (Lipinski definition) is 2. The number of carbonyl (C=O) groups is 1. The van der Waals surface area contributed by atoms with Gasteiger partial charge in [0, 0.05) is 6.54 Å². The molecule has 0 aliphatic carbocycles. The number of nitrogens with one attached hydrogen (secondary N) is 1. The molecular weight excluding hydrogens is 222 g/mol. The van der Waals surface area contributed by atoms with Crippen LogP contribution in [0.25, 0.3) is 0 Å². The van der Waals surface area contributed by atoms with Gasteiger partial charge < -0.3 is 10.4 Å². The minimum atomic E-state index is -0.315. The van der Waals surface area contributed by atoms with E-state index in [-0.39, 0.29) is 17.4 Å². The van der Waals surface area contributed by atoms with Gasteiger partial charge in [0.2, 0.25) is 0 Å². The first kappa shape index (κ1) is 11.1. The van der Waals surface area contributed by atoms with E-state index >= 15 is 0 Å². The van der Waals surface area contributed by atoms with E-state index in [9.17, 15) is 4.79 Å². The summed E-state index contributed by atoms with van der Waals surface area (Å²) in [5.74, 6) is -0.0866. The van der Waals surface area contributed by atoms with Crippen LogP contribution in [0.4, 0.5) is 0 Å². The molecule has 1 aromatic heterocycles. The van der Waals surface area contributed by atoms with Crippen molar-refractivity contribution >= 4 is 5.91 Å². The third-order valence-corrected chi connectivity index (χ3v) is 2.23. The van der Waals surface area contributed by atoms with Gasteiger partial charge in [-0.05, 0) is 29.3 Å². The molecule has 0 spiro atoms. The highest BCUT2D eigenvalue weighted by Gasteiger charge is 2.08. The van der Waals surface area contributed by atoms with Gasteiger partial charge in [-0.2, -0.15) is 0 Å². The van der Waals surface area contributed by atoms with E-state index in [0.717, 1.165) is 5.56 Å². The number of phenols is 1. The van der Waals surface area contributed by atoms with Crippen LogP contribution in [0.2, 0.25) is 0 Å². The van der Waals surface area contributed by atoms with Crippen molar-refractivity contribution < 1.29 is 14.5 Å². The summed E-state index contributed by atoms with van der Waals surface area (Å²) in [5.41, 5.74) is 1.19. The topological polar surface area (TPSA) is 88.2 Å². The van der Waals surface area contributed by atoms with Gasteiger partial charge >= 0.3 is 0 Å². The zero-order valence-corrected chi connectivity index (χ0v) is 8.96. The van der Waals surface area contributed by atoms with Gasteiger partial charge in [-0.3, -0.25) is 4.79 Å². The molecule has 2 N–H and O–H groups in total. The Hall–Kier alpha value is -2.37. The molecule has 0 aliphatic heterocycles. The van der Waals surface area contributed by atoms with Crippen molar-refractivity contribution in [3.63, 3.8) is 0 Å². The summed E-state index contributed by atoms with van der Waals surface area (Å²) < 4.78 is 4.32. The highest BCUT2D eigenvalue weighted by atomic mass is 16.6. The normalized spacial score (nSPS) is 10.1. The lowest BCUT2D eigenvalue weighted by Gasteiger charge is -2.03. The fourth-order valence-electron chi connectivity index (χ4n) is 1.34. The first-order chi connectivity index (χ1) is 8.25. The first-order valence-corrected chi connectivity index (χ1v) is 5.09. The second kappa shape index (κ2) is 5.11. The number of benzene rings is 1. The van der Waals surface area contributed by atoms with Crippen molar-refractivity contribution in [3.8, 4) is 5.75 Å². The summed E-state index contributed by atoms with van der Waals surface area (Å²) in [5, 5.41) is 18.6. The number of rotatable bonds is 4. The average Bonchev–Trinajstić information content (AvgIpc) is 2.85. The van der Waals surface area contributed by atoms with Crippen molar-refractivity contribution in [1.82, 2.24) is 15.6 Å². The lowest BCUT2D eigenvalue weighted by atomic mass is 10.1. The van der Waals surface area contributed by atoms with E-state index in [4.69, 9.17) is 5.11 Å². The molecule has 0 bridgehead atoms. The first-order valence-electron chi connectivity index (χ1n) is 5.09. The molecule has 88 valence electrons. The van der Waals surface area contributed by atoms with Crippen molar-refractivity contribution in [3.05, 3.63) is 41.7 Å². The lowest BCUT2D eigenvalue weighted by Crippen LogP contribution is -2.25. The molecule has 0 fully saturated rings. The molecule has 0 saturated heterocycles. The van der Waals surface area contributed by atoms with Gasteiger partial charge in [0.25, 0.3) is 5.91 Å². The molecule has 0 aliphatic rings. The fourth-order valence-corrected chi connectivity index (χ4v) is 1.34. The smallest absolute Gasteiger partial charge is 0.275 e. The minimum Gasteiger partial charge on any atom is -0.508 e. The molecule has 1 heterocycles. The van der Waals surface area contributed by atoms with Crippen molar-refractivity contribution in [1.29, 1.82) is 0 Å². The van der Waals surface area contributed by atoms with Gasteiger partial charge in [-0.1, -0.05) is 17.3 Å². The van der Waals surface area contributed by atoms with Crippen molar-refractivity contribution in [2.45, 2.75) is 6.42 Å². The van der Waals surface area contributed by atoms with Crippen LogP contribution in [-0.2, 0) is 6.42 Å². The van der Waals surface area contributed by atoms with Gasteiger partial charge in [-0.25, -0.2) is 4.63 Å². The Kier molecular flexibility index (Phi) is 3.34. The molecule has 0 saturated carbocycles. The monoisotopic (exact) mass is 233 g/mol. The highest BCUT2D eigenvalue weighted by Crippen LogP contribution is 2.09. The average molecular weight is 233 g/mol.